The summed E-state index contributed by atoms with van der Waals surface area (Å²) in [6.45, 7) is 2.08. The largest absolute Gasteiger partial charge is 0.337 e. The molecule has 2 aromatic heterocycles. The van der Waals surface area contributed by atoms with Crippen LogP contribution in [0.5, 0.6) is 0 Å². The topological polar surface area (TPSA) is 28.7 Å². The maximum Gasteiger partial charge on any atom is 0.148 e. The lowest BCUT2D eigenvalue weighted by molar-refractivity contribution is 1.35. The summed E-state index contributed by atoms with van der Waals surface area (Å²) < 4.78 is 2.15. The molecule has 86 valence electrons. The molecule has 5 heteroatoms. The Morgan fingerprint density at radius 1 is 1.29 bits per heavy atom. The zero-order valence-electron chi connectivity index (χ0n) is 8.92. The van der Waals surface area contributed by atoms with Gasteiger partial charge in [-0.15, -0.1) is 11.3 Å². The van der Waals surface area contributed by atoms with E-state index in [2.05, 4.69) is 67.0 Å². The minimum atomic E-state index is 0.922. The van der Waals surface area contributed by atoms with Gasteiger partial charge in [0.15, 0.2) is 0 Å². The first kappa shape index (κ1) is 11.4. The molecule has 0 radical (unpaired) electrons. The van der Waals surface area contributed by atoms with Crippen molar-refractivity contribution in [1.29, 1.82) is 0 Å². The van der Waals surface area contributed by atoms with Crippen molar-refractivity contribution in [3.8, 4) is 10.7 Å². The van der Waals surface area contributed by atoms with Gasteiger partial charge in [-0.1, -0.05) is 12.1 Å². The maximum atomic E-state index is 4.65. The van der Waals surface area contributed by atoms with Crippen molar-refractivity contribution in [3.05, 3.63) is 38.1 Å². The average molecular weight is 372 g/mol. The second-order valence-corrected chi connectivity index (χ2v) is 7.01. The van der Waals surface area contributed by atoms with Gasteiger partial charge in [0, 0.05) is 4.47 Å². The number of imidazole rings is 1. The molecule has 0 aliphatic carbocycles. The molecule has 2 nitrogen and oxygen atoms in total. The fraction of sp³-hybridized carbons (Fsp3) is 0.0833. The number of benzene rings is 1. The van der Waals surface area contributed by atoms with Gasteiger partial charge in [0.05, 0.1) is 19.7 Å². The fourth-order valence-electron chi connectivity index (χ4n) is 1.76. The van der Waals surface area contributed by atoms with Gasteiger partial charge in [-0.05, 0) is 56.5 Å². The second-order valence-electron chi connectivity index (χ2n) is 3.79. The highest BCUT2D eigenvalue weighted by atomic mass is 79.9. The number of H-pyrrole nitrogens is 1. The Morgan fingerprint density at radius 2 is 2.12 bits per heavy atom. The number of nitrogens with one attached hydrogen (secondary N) is 1. The highest BCUT2D eigenvalue weighted by Crippen LogP contribution is 2.37. The van der Waals surface area contributed by atoms with Crippen molar-refractivity contribution in [1.82, 2.24) is 9.97 Å². The van der Waals surface area contributed by atoms with Gasteiger partial charge in [0.25, 0.3) is 0 Å². The molecule has 17 heavy (non-hydrogen) atoms. The molecule has 0 saturated heterocycles. The molecule has 1 aromatic carbocycles. The third-order valence-corrected chi connectivity index (χ3v) is 5.86. The monoisotopic (exact) mass is 370 g/mol. The van der Waals surface area contributed by atoms with Crippen LogP contribution in [0.3, 0.4) is 0 Å². The van der Waals surface area contributed by atoms with Gasteiger partial charge in [-0.25, -0.2) is 4.98 Å². The summed E-state index contributed by atoms with van der Waals surface area (Å²) in [5.74, 6) is 0.922. The van der Waals surface area contributed by atoms with Gasteiger partial charge in [0.1, 0.15) is 5.82 Å². The van der Waals surface area contributed by atoms with E-state index in [4.69, 9.17) is 0 Å². The maximum absolute atomic E-state index is 4.65. The third-order valence-electron chi connectivity index (χ3n) is 2.59. The molecular formula is C12H8Br2N2S. The van der Waals surface area contributed by atoms with Crippen LogP contribution >= 0.6 is 43.2 Å². The van der Waals surface area contributed by atoms with Crippen molar-refractivity contribution in [2.24, 2.45) is 0 Å². The molecule has 0 amide bonds. The normalized spacial score (nSPS) is 11.2. The SMILES string of the molecule is Cc1cccc2[nH]c(-c3cc(Br)c(Br)s3)nc12. The number of aromatic amines is 1. The van der Waals surface area contributed by atoms with Gasteiger partial charge in [-0.2, -0.15) is 0 Å². The number of nitrogens with zero attached hydrogens (tertiary/aromatic N) is 1. The van der Waals surface area contributed by atoms with E-state index < -0.39 is 0 Å². The molecule has 3 aromatic rings. The lowest BCUT2D eigenvalue weighted by Crippen LogP contribution is -1.74. The number of halogens is 2. The Hall–Kier alpha value is -0.650. The summed E-state index contributed by atoms with van der Waals surface area (Å²) in [5, 5.41) is 0. The molecule has 0 aliphatic rings. The van der Waals surface area contributed by atoms with Gasteiger partial charge >= 0.3 is 0 Å². The second kappa shape index (κ2) is 4.23. The number of aromatic nitrogens is 2. The number of aryl methyl sites for hydroxylation is 1. The van der Waals surface area contributed by atoms with Crippen molar-refractivity contribution in [2.45, 2.75) is 6.92 Å². The number of hydrogen-bond donors (Lipinski definition) is 1. The zero-order chi connectivity index (χ0) is 12.0. The first-order valence-corrected chi connectivity index (χ1v) is 7.46. The first-order valence-electron chi connectivity index (χ1n) is 5.05. The van der Waals surface area contributed by atoms with E-state index in [9.17, 15) is 0 Å². The number of fused-ring (bicyclic) bond motifs is 1. The average Bonchev–Trinajstić information content (AvgIpc) is 2.85. The molecule has 0 unspecified atom stereocenters. The van der Waals surface area contributed by atoms with Crippen LogP contribution in [0.15, 0.2) is 32.5 Å². The van der Waals surface area contributed by atoms with Crippen LogP contribution in [-0.4, -0.2) is 9.97 Å². The minimum Gasteiger partial charge on any atom is -0.337 e. The van der Waals surface area contributed by atoms with Crippen LogP contribution in [0.1, 0.15) is 5.56 Å². The van der Waals surface area contributed by atoms with Crippen LogP contribution < -0.4 is 0 Å². The van der Waals surface area contributed by atoms with Gasteiger partial charge < -0.3 is 4.98 Å². The number of hydrogen-bond acceptors (Lipinski definition) is 2. The van der Waals surface area contributed by atoms with E-state index in [1.807, 2.05) is 6.07 Å². The quantitative estimate of drug-likeness (QED) is 0.631. The number of thiophene rings is 1. The van der Waals surface area contributed by atoms with E-state index in [0.29, 0.717) is 0 Å². The Bertz CT molecular complexity index is 680. The van der Waals surface area contributed by atoms with E-state index in [0.717, 1.165) is 30.0 Å². The summed E-state index contributed by atoms with van der Waals surface area (Å²) in [6, 6.07) is 8.24. The van der Waals surface area contributed by atoms with Gasteiger partial charge in [-0.3, -0.25) is 0 Å². The van der Waals surface area contributed by atoms with E-state index in [-0.39, 0.29) is 0 Å². The van der Waals surface area contributed by atoms with Crippen LogP contribution in [0.2, 0.25) is 0 Å². The Kier molecular flexibility index (Phi) is 2.84. The summed E-state index contributed by atoms with van der Waals surface area (Å²) in [7, 11) is 0. The molecule has 0 saturated carbocycles. The zero-order valence-corrected chi connectivity index (χ0v) is 12.9. The molecular weight excluding hydrogens is 364 g/mol. The molecule has 0 bridgehead atoms. The van der Waals surface area contributed by atoms with Crippen molar-refractivity contribution < 1.29 is 0 Å². The van der Waals surface area contributed by atoms with Crippen LogP contribution in [0.4, 0.5) is 0 Å². The van der Waals surface area contributed by atoms with Crippen LogP contribution in [0.25, 0.3) is 21.7 Å². The molecule has 0 atom stereocenters. The van der Waals surface area contributed by atoms with Crippen LogP contribution in [0, 0.1) is 6.92 Å². The molecule has 0 aliphatic heterocycles. The number of rotatable bonds is 1. The molecule has 0 spiro atoms. The summed E-state index contributed by atoms with van der Waals surface area (Å²) >= 11 is 8.66. The lowest BCUT2D eigenvalue weighted by atomic mass is 10.2. The van der Waals surface area contributed by atoms with E-state index in [1.54, 1.807) is 11.3 Å². The predicted molar refractivity (Wildman–Crippen MR) is 79.5 cm³/mol. The number of para-hydroxylation sites is 1. The molecule has 3 rings (SSSR count). The molecule has 1 N–H and O–H groups in total. The smallest absolute Gasteiger partial charge is 0.148 e. The summed E-state index contributed by atoms with van der Waals surface area (Å²) in [4.78, 5) is 9.13. The fourth-order valence-corrected chi connectivity index (χ4v) is 3.74. The summed E-state index contributed by atoms with van der Waals surface area (Å²) in [6.07, 6.45) is 0. The third kappa shape index (κ3) is 1.96. The Balaban J connectivity index is 2.21. The van der Waals surface area contributed by atoms with Crippen molar-refractivity contribution in [3.63, 3.8) is 0 Å². The van der Waals surface area contributed by atoms with E-state index in [1.165, 1.54) is 5.56 Å². The van der Waals surface area contributed by atoms with Crippen molar-refractivity contribution >= 4 is 54.2 Å². The van der Waals surface area contributed by atoms with Gasteiger partial charge in [0.2, 0.25) is 0 Å². The Labute approximate surface area is 119 Å². The van der Waals surface area contributed by atoms with E-state index >= 15 is 0 Å². The summed E-state index contributed by atoms with van der Waals surface area (Å²) in [5.41, 5.74) is 3.32. The lowest BCUT2D eigenvalue weighted by Gasteiger charge is -1.90. The predicted octanol–water partition coefficient (Wildman–Crippen LogP) is 5.12. The molecule has 0 fully saturated rings. The Morgan fingerprint density at radius 3 is 2.76 bits per heavy atom. The minimum absolute atomic E-state index is 0.922. The van der Waals surface area contributed by atoms with Crippen LogP contribution in [-0.2, 0) is 0 Å². The highest BCUT2D eigenvalue weighted by molar-refractivity contribution is 9.13. The standard InChI is InChI=1S/C12H8Br2N2S/c1-6-3-2-4-8-10(6)16-12(15-8)9-5-7(13)11(14)17-9/h2-5H,1H3,(H,15,16). The molecule has 2 heterocycles. The highest BCUT2D eigenvalue weighted by Gasteiger charge is 2.11. The van der Waals surface area contributed by atoms with Crippen molar-refractivity contribution in [2.75, 3.05) is 0 Å². The first-order chi connectivity index (χ1) is 8.15.